The molecule has 0 aliphatic heterocycles. The molecule has 0 saturated heterocycles. The van der Waals surface area contributed by atoms with Gasteiger partial charge in [-0.05, 0) is 63.2 Å². The van der Waals surface area contributed by atoms with E-state index in [4.69, 9.17) is 37.0 Å². The highest BCUT2D eigenvalue weighted by Crippen LogP contribution is 2.45. The molecule has 0 aliphatic rings. The van der Waals surface area contributed by atoms with Gasteiger partial charge in [0.2, 0.25) is 0 Å². The lowest BCUT2D eigenvalue weighted by molar-refractivity contribution is -0.161. The molecule has 0 fully saturated rings. The smallest absolute Gasteiger partial charge is 0.462 e. The van der Waals surface area contributed by atoms with Crippen LogP contribution in [0, 0.1) is 11.8 Å². The summed E-state index contributed by atoms with van der Waals surface area (Å²) in [6, 6.07) is 0. The van der Waals surface area contributed by atoms with Gasteiger partial charge in [-0.2, -0.15) is 0 Å². The normalized spacial score (nSPS) is 14.5. The zero-order chi connectivity index (χ0) is 70.0. The van der Waals surface area contributed by atoms with Gasteiger partial charge in [0, 0.05) is 25.7 Å². The minimum absolute atomic E-state index is 0.101. The van der Waals surface area contributed by atoms with Crippen molar-refractivity contribution in [1.29, 1.82) is 0 Å². The van der Waals surface area contributed by atoms with Crippen molar-refractivity contribution in [3.63, 3.8) is 0 Å². The molecule has 560 valence electrons. The van der Waals surface area contributed by atoms with Gasteiger partial charge in [0.05, 0.1) is 26.4 Å². The van der Waals surface area contributed by atoms with E-state index in [0.29, 0.717) is 25.7 Å². The molecule has 95 heavy (non-hydrogen) atoms. The SMILES string of the molecule is CCCCCC/C=C\C=C/CCCCCCCC(=O)OC[C@H](COP(=O)(O)OC[C@@H](O)COP(=O)(O)OC[C@@H](COC(=O)CCCCCCCCC(C)CC)OC(=O)CCCCCCCCCCCCCC(C)C)OC(=O)CCCCCCCCCCCCCCCCCC. The van der Waals surface area contributed by atoms with E-state index in [1.165, 1.54) is 161 Å². The molecular formula is C76H144O17P2. The number of esters is 4. The van der Waals surface area contributed by atoms with E-state index >= 15 is 0 Å². The number of phosphoric ester groups is 2. The number of unbranched alkanes of at least 4 members (excludes halogenated alkanes) is 39. The molecule has 0 aromatic rings. The molecular weight excluding hydrogens is 1250 g/mol. The van der Waals surface area contributed by atoms with E-state index in [9.17, 15) is 43.2 Å². The number of carbonyl (C=O) groups is 4. The zero-order valence-electron chi connectivity index (χ0n) is 61.5. The van der Waals surface area contributed by atoms with Gasteiger partial charge < -0.3 is 33.8 Å². The van der Waals surface area contributed by atoms with Crippen molar-refractivity contribution in [3.05, 3.63) is 24.3 Å². The summed E-state index contributed by atoms with van der Waals surface area (Å²) in [5.41, 5.74) is 0. The molecule has 3 N–H and O–H groups in total. The highest BCUT2D eigenvalue weighted by Gasteiger charge is 2.30. The van der Waals surface area contributed by atoms with Crippen LogP contribution in [0.4, 0.5) is 0 Å². The monoisotopic (exact) mass is 1390 g/mol. The first-order chi connectivity index (χ1) is 45.9. The van der Waals surface area contributed by atoms with Crippen LogP contribution in [-0.4, -0.2) is 96.7 Å². The Kier molecular flexibility index (Phi) is 65.6. The molecule has 0 aliphatic carbocycles. The predicted molar refractivity (Wildman–Crippen MR) is 386 cm³/mol. The van der Waals surface area contributed by atoms with Crippen LogP contribution in [0.3, 0.4) is 0 Å². The fraction of sp³-hybridized carbons (Fsp3) is 0.895. The Balaban J connectivity index is 5.29. The third kappa shape index (κ3) is 68.5. The molecule has 0 bridgehead atoms. The van der Waals surface area contributed by atoms with Crippen LogP contribution < -0.4 is 0 Å². The average Bonchev–Trinajstić information content (AvgIpc) is 3.14. The van der Waals surface area contributed by atoms with Gasteiger partial charge in [-0.1, -0.05) is 316 Å². The minimum Gasteiger partial charge on any atom is -0.462 e. The molecule has 17 nitrogen and oxygen atoms in total. The molecule has 0 aromatic heterocycles. The van der Waals surface area contributed by atoms with Crippen molar-refractivity contribution in [2.24, 2.45) is 11.8 Å². The van der Waals surface area contributed by atoms with Crippen molar-refractivity contribution in [3.8, 4) is 0 Å². The molecule has 0 spiro atoms. The number of carbonyl (C=O) groups excluding carboxylic acids is 4. The molecule has 19 heteroatoms. The summed E-state index contributed by atoms with van der Waals surface area (Å²) in [5, 5.41) is 10.6. The highest BCUT2D eigenvalue weighted by atomic mass is 31.2. The van der Waals surface area contributed by atoms with Gasteiger partial charge in [0.1, 0.15) is 19.3 Å². The Bertz CT molecular complexity index is 1930. The molecule has 0 amide bonds. The lowest BCUT2D eigenvalue weighted by Gasteiger charge is -2.21. The summed E-state index contributed by atoms with van der Waals surface area (Å²) in [7, 11) is -9.92. The number of ether oxygens (including phenoxy) is 4. The van der Waals surface area contributed by atoms with Crippen LogP contribution in [0.1, 0.15) is 369 Å². The minimum atomic E-state index is -4.96. The molecule has 0 rings (SSSR count). The third-order valence-electron chi connectivity index (χ3n) is 17.4. The van der Waals surface area contributed by atoms with Crippen molar-refractivity contribution >= 4 is 39.5 Å². The number of hydrogen-bond donors (Lipinski definition) is 3. The molecule has 0 radical (unpaired) electrons. The van der Waals surface area contributed by atoms with E-state index in [-0.39, 0.29) is 25.7 Å². The van der Waals surface area contributed by atoms with Crippen molar-refractivity contribution in [2.45, 2.75) is 387 Å². The Morgan fingerprint density at radius 1 is 0.347 bits per heavy atom. The van der Waals surface area contributed by atoms with Gasteiger partial charge in [-0.15, -0.1) is 0 Å². The second-order valence-corrected chi connectivity index (χ2v) is 30.3. The number of rotatable bonds is 73. The van der Waals surface area contributed by atoms with Crippen molar-refractivity contribution < 1.29 is 80.2 Å². The average molecular weight is 1390 g/mol. The second kappa shape index (κ2) is 67.4. The largest absolute Gasteiger partial charge is 0.472 e. The summed E-state index contributed by atoms with van der Waals surface area (Å²) in [6.45, 7) is 9.49. The van der Waals surface area contributed by atoms with Crippen LogP contribution in [0.25, 0.3) is 0 Å². The van der Waals surface area contributed by atoms with Gasteiger partial charge in [-0.3, -0.25) is 37.3 Å². The molecule has 0 aromatic carbocycles. The molecule has 6 atom stereocenters. The van der Waals surface area contributed by atoms with Gasteiger partial charge >= 0.3 is 39.5 Å². The third-order valence-corrected chi connectivity index (χ3v) is 19.3. The number of allylic oxidation sites excluding steroid dienone is 4. The number of aliphatic hydroxyl groups is 1. The van der Waals surface area contributed by atoms with Gasteiger partial charge in [0.25, 0.3) is 0 Å². The van der Waals surface area contributed by atoms with Crippen LogP contribution >= 0.6 is 15.6 Å². The van der Waals surface area contributed by atoms with Crippen LogP contribution in [0.2, 0.25) is 0 Å². The highest BCUT2D eigenvalue weighted by molar-refractivity contribution is 7.47. The Hall–Kier alpha value is -2.46. The number of hydrogen-bond acceptors (Lipinski definition) is 15. The van der Waals surface area contributed by atoms with Crippen LogP contribution in [-0.2, 0) is 65.4 Å². The van der Waals surface area contributed by atoms with E-state index in [1.807, 2.05) is 0 Å². The van der Waals surface area contributed by atoms with Crippen LogP contribution in [0.5, 0.6) is 0 Å². The molecule has 0 heterocycles. The maximum absolute atomic E-state index is 13.1. The topological polar surface area (TPSA) is 237 Å². The lowest BCUT2D eigenvalue weighted by atomic mass is 10.00. The Morgan fingerprint density at radius 3 is 0.947 bits per heavy atom. The van der Waals surface area contributed by atoms with Crippen molar-refractivity contribution in [2.75, 3.05) is 39.6 Å². The zero-order valence-corrected chi connectivity index (χ0v) is 63.2. The van der Waals surface area contributed by atoms with E-state index in [1.54, 1.807) is 0 Å². The van der Waals surface area contributed by atoms with Gasteiger partial charge in [-0.25, -0.2) is 9.13 Å². The Labute approximate surface area is 580 Å². The molecule has 0 saturated carbocycles. The maximum atomic E-state index is 13.1. The van der Waals surface area contributed by atoms with E-state index < -0.39 is 97.5 Å². The summed E-state index contributed by atoms with van der Waals surface area (Å²) in [6.07, 6.45) is 57.6. The summed E-state index contributed by atoms with van der Waals surface area (Å²) in [4.78, 5) is 72.8. The predicted octanol–water partition coefficient (Wildman–Crippen LogP) is 21.9. The second-order valence-electron chi connectivity index (χ2n) is 27.4. The van der Waals surface area contributed by atoms with Gasteiger partial charge in [0.15, 0.2) is 12.2 Å². The first-order valence-corrected chi connectivity index (χ1v) is 41.8. The van der Waals surface area contributed by atoms with E-state index in [0.717, 1.165) is 127 Å². The standard InChI is InChI=1S/C76H144O17P2/c1-7-10-12-14-16-18-20-22-24-26-28-32-36-40-48-54-60-75(80)92-71(64-86-73(78)58-52-46-39-35-31-27-25-23-21-19-17-15-13-11-8-2)66-90-94(82,83)88-62-70(77)63-89-95(84,85)91-67-72(65-87-74(79)59-53-47-43-42-45-51-57-69(6)9-3)93-76(81)61-55-49-41-37-33-29-30-34-38-44-50-56-68(4)5/h19,21,23,25,68-72,77H,7-18,20,22,24,26-67H2,1-6H3,(H,82,83)(H,84,85)/b21-19-,25-23-/t69?,70-,71-,72-/m1/s1. The Morgan fingerprint density at radius 2 is 0.621 bits per heavy atom. The van der Waals surface area contributed by atoms with Crippen LogP contribution in [0.15, 0.2) is 24.3 Å². The summed E-state index contributed by atoms with van der Waals surface area (Å²) < 4.78 is 68.5. The van der Waals surface area contributed by atoms with Crippen molar-refractivity contribution in [1.82, 2.24) is 0 Å². The fourth-order valence-electron chi connectivity index (χ4n) is 11.1. The fourth-order valence-corrected chi connectivity index (χ4v) is 12.7. The van der Waals surface area contributed by atoms with E-state index in [2.05, 4.69) is 65.8 Å². The first-order valence-electron chi connectivity index (χ1n) is 38.8. The maximum Gasteiger partial charge on any atom is 0.472 e. The number of phosphoric acid groups is 2. The lowest BCUT2D eigenvalue weighted by Crippen LogP contribution is -2.30. The first kappa shape index (κ1) is 92.5. The summed E-state index contributed by atoms with van der Waals surface area (Å²) in [5.74, 6) is -0.654. The number of aliphatic hydroxyl groups excluding tert-OH is 1. The quantitative estimate of drug-likeness (QED) is 0.0169. The summed E-state index contributed by atoms with van der Waals surface area (Å²) >= 11 is 0. The molecule has 3 unspecified atom stereocenters.